The molecule has 0 saturated heterocycles. The van der Waals surface area contributed by atoms with Crippen LogP contribution in [0.4, 0.5) is 0 Å². The summed E-state index contributed by atoms with van der Waals surface area (Å²) in [5.74, 6) is 3.51. The van der Waals surface area contributed by atoms with Crippen molar-refractivity contribution in [2.45, 2.75) is 91.1 Å². The summed E-state index contributed by atoms with van der Waals surface area (Å²) in [4.78, 5) is 12.3. The van der Waals surface area contributed by atoms with Crippen molar-refractivity contribution in [1.82, 2.24) is 0 Å². The SMILES string of the molecule is CCOC[C@]12CC[C@@](C)(O)C[C@@H]1CC[C@H]1[C@@H]3CC[C@H](C(C)=O)[C@@]3(C)CC[C@@H]12. The molecule has 8 atom stereocenters. The van der Waals surface area contributed by atoms with Crippen molar-refractivity contribution < 1.29 is 14.6 Å². The lowest BCUT2D eigenvalue weighted by Crippen LogP contribution is -2.58. The minimum absolute atomic E-state index is 0.229. The number of carbonyl (C=O) groups is 1. The topological polar surface area (TPSA) is 46.5 Å². The Labute approximate surface area is 165 Å². The fourth-order valence-electron chi connectivity index (χ4n) is 8.47. The number of fused-ring (bicyclic) bond motifs is 5. The summed E-state index contributed by atoms with van der Waals surface area (Å²) in [6.07, 6.45) is 10.3. The van der Waals surface area contributed by atoms with Crippen molar-refractivity contribution in [3.63, 3.8) is 0 Å². The van der Waals surface area contributed by atoms with E-state index < -0.39 is 5.60 Å². The first-order valence-corrected chi connectivity index (χ1v) is 11.5. The molecule has 0 aromatic heterocycles. The number of ketones is 1. The van der Waals surface area contributed by atoms with Gasteiger partial charge in [0.05, 0.1) is 12.2 Å². The molecule has 4 saturated carbocycles. The Bertz CT molecular complexity index is 584. The quantitative estimate of drug-likeness (QED) is 0.751. The van der Waals surface area contributed by atoms with Crippen molar-refractivity contribution in [1.29, 1.82) is 0 Å². The molecule has 0 unspecified atom stereocenters. The largest absolute Gasteiger partial charge is 0.390 e. The lowest BCUT2D eigenvalue weighted by atomic mass is 9.43. The molecule has 154 valence electrons. The zero-order valence-electron chi connectivity index (χ0n) is 17.9. The third kappa shape index (κ3) is 3.03. The molecule has 3 heteroatoms. The molecule has 0 amide bonds. The van der Waals surface area contributed by atoms with Gasteiger partial charge in [-0.2, -0.15) is 0 Å². The van der Waals surface area contributed by atoms with Crippen LogP contribution in [0, 0.1) is 40.4 Å². The van der Waals surface area contributed by atoms with Gasteiger partial charge in [-0.1, -0.05) is 6.92 Å². The van der Waals surface area contributed by atoms with Crippen molar-refractivity contribution in [3.8, 4) is 0 Å². The van der Waals surface area contributed by atoms with Crippen molar-refractivity contribution in [2.24, 2.45) is 40.4 Å². The molecule has 4 rings (SSSR count). The highest BCUT2D eigenvalue weighted by Crippen LogP contribution is 2.68. The molecule has 0 bridgehead atoms. The number of rotatable bonds is 4. The van der Waals surface area contributed by atoms with E-state index in [9.17, 15) is 9.90 Å². The molecule has 0 aliphatic heterocycles. The molecule has 0 aromatic carbocycles. The van der Waals surface area contributed by atoms with Gasteiger partial charge in [0, 0.05) is 12.5 Å². The van der Waals surface area contributed by atoms with Crippen LogP contribution in [0.3, 0.4) is 0 Å². The summed E-state index contributed by atoms with van der Waals surface area (Å²) >= 11 is 0. The first kappa shape index (κ1) is 19.9. The Morgan fingerprint density at radius 2 is 1.81 bits per heavy atom. The minimum Gasteiger partial charge on any atom is -0.390 e. The number of ether oxygens (including phenoxy) is 1. The number of hydrogen-bond donors (Lipinski definition) is 1. The van der Waals surface area contributed by atoms with E-state index in [0.29, 0.717) is 17.6 Å². The van der Waals surface area contributed by atoms with E-state index in [1.807, 2.05) is 13.8 Å². The summed E-state index contributed by atoms with van der Waals surface area (Å²) in [6, 6.07) is 0. The summed E-state index contributed by atoms with van der Waals surface area (Å²) in [5, 5.41) is 10.8. The van der Waals surface area contributed by atoms with Gasteiger partial charge >= 0.3 is 0 Å². The molecule has 4 fully saturated rings. The Balaban J connectivity index is 1.64. The first-order chi connectivity index (χ1) is 12.7. The summed E-state index contributed by atoms with van der Waals surface area (Å²) in [5.41, 5.74) is -0.00686. The van der Waals surface area contributed by atoms with E-state index in [2.05, 4.69) is 13.8 Å². The molecule has 4 aliphatic rings. The Morgan fingerprint density at radius 3 is 2.52 bits per heavy atom. The summed E-state index contributed by atoms with van der Waals surface area (Å²) in [7, 11) is 0. The van der Waals surface area contributed by atoms with E-state index >= 15 is 0 Å². The van der Waals surface area contributed by atoms with Gasteiger partial charge in [0.1, 0.15) is 5.78 Å². The van der Waals surface area contributed by atoms with Gasteiger partial charge in [0.15, 0.2) is 0 Å². The number of aliphatic hydroxyl groups is 1. The second-order valence-electron chi connectivity index (χ2n) is 11.0. The number of carbonyl (C=O) groups excluding carboxylic acids is 1. The fraction of sp³-hybridized carbons (Fsp3) is 0.958. The van der Waals surface area contributed by atoms with E-state index in [1.165, 1.54) is 32.1 Å². The van der Waals surface area contributed by atoms with Crippen LogP contribution in [0.1, 0.15) is 85.5 Å². The molecule has 3 nitrogen and oxygen atoms in total. The number of hydrogen-bond acceptors (Lipinski definition) is 3. The second kappa shape index (κ2) is 6.83. The average Bonchev–Trinajstić information content (AvgIpc) is 2.97. The van der Waals surface area contributed by atoms with Gasteiger partial charge in [0.2, 0.25) is 0 Å². The zero-order valence-corrected chi connectivity index (χ0v) is 17.9. The van der Waals surface area contributed by atoms with Gasteiger partial charge in [-0.3, -0.25) is 4.79 Å². The predicted octanol–water partition coefficient (Wildman–Crippen LogP) is 5.00. The highest BCUT2D eigenvalue weighted by molar-refractivity contribution is 5.79. The lowest BCUT2D eigenvalue weighted by molar-refractivity contribution is -0.178. The molecule has 0 heterocycles. The Morgan fingerprint density at radius 1 is 1.04 bits per heavy atom. The van der Waals surface area contributed by atoms with E-state index in [0.717, 1.165) is 50.7 Å². The van der Waals surface area contributed by atoms with Crippen LogP contribution in [-0.4, -0.2) is 29.7 Å². The normalized spacial score (nSPS) is 52.0. The van der Waals surface area contributed by atoms with Gasteiger partial charge in [-0.25, -0.2) is 0 Å². The maximum absolute atomic E-state index is 12.3. The van der Waals surface area contributed by atoms with Crippen LogP contribution in [0.2, 0.25) is 0 Å². The second-order valence-corrected chi connectivity index (χ2v) is 11.0. The first-order valence-electron chi connectivity index (χ1n) is 11.5. The van der Waals surface area contributed by atoms with Gasteiger partial charge in [0.25, 0.3) is 0 Å². The van der Waals surface area contributed by atoms with Crippen LogP contribution >= 0.6 is 0 Å². The fourth-order valence-corrected chi connectivity index (χ4v) is 8.47. The van der Waals surface area contributed by atoms with Crippen LogP contribution < -0.4 is 0 Å². The maximum Gasteiger partial charge on any atom is 0.133 e. The number of Topliss-reactive ketones (excluding diaryl/α,β-unsaturated/α-hetero) is 1. The van der Waals surface area contributed by atoms with Crippen molar-refractivity contribution in [2.75, 3.05) is 13.2 Å². The van der Waals surface area contributed by atoms with E-state index in [1.54, 1.807) is 0 Å². The third-order valence-corrected chi connectivity index (χ3v) is 9.72. The molecule has 0 aromatic rings. The monoisotopic (exact) mass is 376 g/mol. The third-order valence-electron chi connectivity index (χ3n) is 9.72. The Kier molecular flexibility index (Phi) is 5.03. The highest BCUT2D eigenvalue weighted by Gasteiger charge is 2.62. The Hall–Kier alpha value is -0.410. The molecular weight excluding hydrogens is 336 g/mol. The summed E-state index contributed by atoms with van der Waals surface area (Å²) < 4.78 is 6.11. The van der Waals surface area contributed by atoms with E-state index in [-0.39, 0.29) is 16.7 Å². The smallest absolute Gasteiger partial charge is 0.133 e. The average molecular weight is 377 g/mol. The molecule has 0 spiro atoms. The molecule has 27 heavy (non-hydrogen) atoms. The van der Waals surface area contributed by atoms with Gasteiger partial charge < -0.3 is 9.84 Å². The lowest BCUT2D eigenvalue weighted by Gasteiger charge is -2.62. The van der Waals surface area contributed by atoms with Crippen molar-refractivity contribution in [3.05, 3.63) is 0 Å². The maximum atomic E-state index is 12.3. The van der Waals surface area contributed by atoms with Crippen molar-refractivity contribution >= 4 is 5.78 Å². The van der Waals surface area contributed by atoms with Gasteiger partial charge in [-0.05, 0) is 113 Å². The zero-order chi connectivity index (χ0) is 19.4. The highest BCUT2D eigenvalue weighted by atomic mass is 16.5. The van der Waals surface area contributed by atoms with Gasteiger partial charge in [-0.15, -0.1) is 0 Å². The predicted molar refractivity (Wildman–Crippen MR) is 107 cm³/mol. The van der Waals surface area contributed by atoms with E-state index in [4.69, 9.17) is 4.74 Å². The molecule has 4 aliphatic carbocycles. The van der Waals surface area contributed by atoms with Crippen LogP contribution in [0.5, 0.6) is 0 Å². The minimum atomic E-state index is -0.497. The molecule has 1 N–H and O–H groups in total. The molecular formula is C24H40O3. The van der Waals surface area contributed by atoms with Crippen LogP contribution in [0.25, 0.3) is 0 Å². The summed E-state index contributed by atoms with van der Waals surface area (Å²) in [6.45, 7) is 10.1. The standard InChI is InChI=1S/C24H40O3/c1-5-27-15-24-13-12-22(3,26)14-17(24)6-7-18-20-9-8-19(16(2)25)23(20,4)11-10-21(18)24/h17-21,26H,5-15H2,1-4H3/t17-,18-,19+,20-,21-,22+,23+,24+/m0/s1. The van der Waals surface area contributed by atoms with Crippen LogP contribution in [-0.2, 0) is 9.53 Å². The molecule has 0 radical (unpaired) electrons. The van der Waals surface area contributed by atoms with Crippen LogP contribution in [0.15, 0.2) is 0 Å².